The lowest BCUT2D eigenvalue weighted by molar-refractivity contribution is 0.0746. The average Bonchev–Trinajstić information content (AvgIpc) is 2.73. The molecule has 2 amide bonds. The number of carbonyl (C=O) groups excluding carboxylic acids is 2. The number of aryl methyl sites for hydroxylation is 1. The molecule has 29 heavy (non-hydrogen) atoms. The highest BCUT2D eigenvalue weighted by molar-refractivity contribution is 5.99. The highest BCUT2D eigenvalue weighted by Crippen LogP contribution is 2.24. The molecule has 1 saturated heterocycles. The molecule has 5 heteroatoms. The van der Waals surface area contributed by atoms with Crippen molar-refractivity contribution in [3.63, 3.8) is 0 Å². The summed E-state index contributed by atoms with van der Waals surface area (Å²) in [6, 6.07) is 13.4. The van der Waals surface area contributed by atoms with Gasteiger partial charge in [-0.3, -0.25) is 9.59 Å². The SMILES string of the molecule is Cc1cccc(N2CCN(C(=O)c3cccc(C(=O)NCC(C)C)c3)CC2)c1C. The zero-order chi connectivity index (χ0) is 21.0. The second-order valence-electron chi connectivity index (χ2n) is 8.18. The standard InChI is InChI=1S/C24H31N3O2/c1-17(2)16-25-23(28)20-8-6-9-21(15-20)24(29)27-13-11-26(12-14-27)22-10-5-7-18(3)19(22)4/h5-10,15,17H,11-14,16H2,1-4H3,(H,25,28). The summed E-state index contributed by atoms with van der Waals surface area (Å²) in [6.45, 7) is 12.0. The van der Waals surface area contributed by atoms with Gasteiger partial charge in [-0.15, -0.1) is 0 Å². The molecule has 0 radical (unpaired) electrons. The van der Waals surface area contributed by atoms with E-state index in [1.807, 2.05) is 4.90 Å². The quantitative estimate of drug-likeness (QED) is 0.844. The minimum Gasteiger partial charge on any atom is -0.368 e. The van der Waals surface area contributed by atoms with Crippen molar-refractivity contribution < 1.29 is 9.59 Å². The maximum Gasteiger partial charge on any atom is 0.253 e. The van der Waals surface area contributed by atoms with Crippen LogP contribution in [0.2, 0.25) is 0 Å². The number of amides is 2. The number of rotatable bonds is 5. The molecule has 5 nitrogen and oxygen atoms in total. The Morgan fingerprint density at radius 3 is 2.31 bits per heavy atom. The highest BCUT2D eigenvalue weighted by atomic mass is 16.2. The van der Waals surface area contributed by atoms with Crippen molar-refractivity contribution in [2.45, 2.75) is 27.7 Å². The fourth-order valence-corrected chi connectivity index (χ4v) is 3.60. The minimum atomic E-state index is -0.131. The van der Waals surface area contributed by atoms with Gasteiger partial charge in [-0.2, -0.15) is 0 Å². The number of nitrogens with one attached hydrogen (secondary N) is 1. The van der Waals surface area contributed by atoms with Gasteiger partial charge in [0.2, 0.25) is 0 Å². The molecule has 0 aromatic heterocycles. The fourth-order valence-electron chi connectivity index (χ4n) is 3.60. The molecule has 1 heterocycles. The predicted molar refractivity (Wildman–Crippen MR) is 118 cm³/mol. The molecule has 1 aliphatic rings. The van der Waals surface area contributed by atoms with Gasteiger partial charge in [-0.05, 0) is 55.2 Å². The third-order valence-corrected chi connectivity index (χ3v) is 5.53. The Hall–Kier alpha value is -2.82. The number of nitrogens with zero attached hydrogens (tertiary/aromatic N) is 2. The molecule has 2 aromatic carbocycles. The average molecular weight is 394 g/mol. The molecular formula is C24H31N3O2. The van der Waals surface area contributed by atoms with E-state index in [1.54, 1.807) is 24.3 Å². The second kappa shape index (κ2) is 9.12. The van der Waals surface area contributed by atoms with E-state index in [-0.39, 0.29) is 11.8 Å². The smallest absolute Gasteiger partial charge is 0.253 e. The first kappa shape index (κ1) is 20.9. The molecule has 0 spiro atoms. The van der Waals surface area contributed by atoms with Crippen LogP contribution in [0.3, 0.4) is 0 Å². The molecule has 1 N–H and O–H groups in total. The van der Waals surface area contributed by atoms with Crippen LogP contribution in [0, 0.1) is 19.8 Å². The van der Waals surface area contributed by atoms with Crippen LogP contribution in [0.5, 0.6) is 0 Å². The Kier molecular flexibility index (Phi) is 6.57. The number of piperazine rings is 1. The Morgan fingerprint density at radius 2 is 1.62 bits per heavy atom. The Bertz CT molecular complexity index is 883. The van der Waals surface area contributed by atoms with Crippen LogP contribution in [-0.2, 0) is 0 Å². The molecule has 3 rings (SSSR count). The zero-order valence-electron chi connectivity index (χ0n) is 17.9. The molecule has 0 saturated carbocycles. The van der Waals surface area contributed by atoms with Crippen molar-refractivity contribution in [1.82, 2.24) is 10.2 Å². The van der Waals surface area contributed by atoms with Gasteiger partial charge in [0.1, 0.15) is 0 Å². The number of anilines is 1. The lowest BCUT2D eigenvalue weighted by atomic mass is 10.1. The van der Waals surface area contributed by atoms with E-state index in [1.165, 1.54) is 16.8 Å². The molecule has 1 aliphatic heterocycles. The fraction of sp³-hybridized carbons (Fsp3) is 0.417. The summed E-state index contributed by atoms with van der Waals surface area (Å²) < 4.78 is 0. The van der Waals surface area contributed by atoms with E-state index in [2.05, 4.69) is 56.1 Å². The topological polar surface area (TPSA) is 52.7 Å². The van der Waals surface area contributed by atoms with Crippen LogP contribution in [-0.4, -0.2) is 49.4 Å². The van der Waals surface area contributed by atoms with Gasteiger partial charge in [-0.25, -0.2) is 0 Å². The van der Waals surface area contributed by atoms with Gasteiger partial charge in [0, 0.05) is 49.5 Å². The van der Waals surface area contributed by atoms with Gasteiger partial charge in [0.05, 0.1) is 0 Å². The van der Waals surface area contributed by atoms with Crippen molar-refractivity contribution in [3.05, 3.63) is 64.7 Å². The Labute approximate surface area is 173 Å². The van der Waals surface area contributed by atoms with Gasteiger partial charge < -0.3 is 15.1 Å². The highest BCUT2D eigenvalue weighted by Gasteiger charge is 2.23. The lowest BCUT2D eigenvalue weighted by Crippen LogP contribution is -2.49. The second-order valence-corrected chi connectivity index (χ2v) is 8.18. The zero-order valence-corrected chi connectivity index (χ0v) is 17.9. The summed E-state index contributed by atoms with van der Waals surface area (Å²) in [7, 11) is 0. The van der Waals surface area contributed by atoms with Crippen LogP contribution in [0.4, 0.5) is 5.69 Å². The summed E-state index contributed by atoms with van der Waals surface area (Å²) in [5, 5.41) is 2.91. The normalized spacial score (nSPS) is 14.2. The third-order valence-electron chi connectivity index (χ3n) is 5.53. The summed E-state index contributed by atoms with van der Waals surface area (Å²) in [5.74, 6) is 0.245. The van der Waals surface area contributed by atoms with Crippen LogP contribution in [0.25, 0.3) is 0 Å². The van der Waals surface area contributed by atoms with Gasteiger partial charge in [0.25, 0.3) is 11.8 Å². The van der Waals surface area contributed by atoms with Gasteiger partial charge in [0.15, 0.2) is 0 Å². The molecular weight excluding hydrogens is 362 g/mol. The van der Waals surface area contributed by atoms with E-state index in [9.17, 15) is 9.59 Å². The molecule has 0 unspecified atom stereocenters. The van der Waals surface area contributed by atoms with E-state index >= 15 is 0 Å². The molecule has 0 atom stereocenters. The molecule has 0 aliphatic carbocycles. The number of hydrogen-bond acceptors (Lipinski definition) is 3. The Balaban J connectivity index is 1.64. The summed E-state index contributed by atoms with van der Waals surface area (Å²) in [4.78, 5) is 29.5. The minimum absolute atomic E-state index is 0.0101. The first-order valence-corrected chi connectivity index (χ1v) is 10.4. The lowest BCUT2D eigenvalue weighted by Gasteiger charge is -2.37. The van der Waals surface area contributed by atoms with Crippen LogP contribution >= 0.6 is 0 Å². The van der Waals surface area contributed by atoms with E-state index in [4.69, 9.17) is 0 Å². The first-order valence-electron chi connectivity index (χ1n) is 10.4. The molecule has 2 aromatic rings. The van der Waals surface area contributed by atoms with Crippen molar-refractivity contribution >= 4 is 17.5 Å². The predicted octanol–water partition coefficient (Wildman–Crippen LogP) is 3.65. The van der Waals surface area contributed by atoms with Crippen molar-refractivity contribution in [1.29, 1.82) is 0 Å². The summed E-state index contributed by atoms with van der Waals surface area (Å²) >= 11 is 0. The number of hydrogen-bond donors (Lipinski definition) is 1. The van der Waals surface area contributed by atoms with Gasteiger partial charge >= 0.3 is 0 Å². The molecule has 1 fully saturated rings. The van der Waals surface area contributed by atoms with Crippen LogP contribution < -0.4 is 10.2 Å². The van der Waals surface area contributed by atoms with Crippen LogP contribution in [0.15, 0.2) is 42.5 Å². The largest absolute Gasteiger partial charge is 0.368 e. The van der Waals surface area contributed by atoms with E-state index < -0.39 is 0 Å². The number of benzene rings is 2. The maximum atomic E-state index is 13.0. The first-order chi connectivity index (χ1) is 13.9. The van der Waals surface area contributed by atoms with Gasteiger partial charge in [-0.1, -0.05) is 32.0 Å². The maximum absolute atomic E-state index is 13.0. The third kappa shape index (κ3) is 4.97. The van der Waals surface area contributed by atoms with Crippen molar-refractivity contribution in [2.75, 3.05) is 37.6 Å². The summed E-state index contributed by atoms with van der Waals surface area (Å²) in [6.07, 6.45) is 0. The number of carbonyl (C=O) groups is 2. The Morgan fingerprint density at radius 1 is 0.966 bits per heavy atom. The monoisotopic (exact) mass is 393 g/mol. The molecule has 0 bridgehead atoms. The van der Waals surface area contributed by atoms with Crippen molar-refractivity contribution in [3.8, 4) is 0 Å². The van der Waals surface area contributed by atoms with E-state index in [0.717, 1.165) is 13.1 Å². The summed E-state index contributed by atoms with van der Waals surface area (Å²) in [5.41, 5.74) is 4.94. The van der Waals surface area contributed by atoms with Crippen LogP contribution in [0.1, 0.15) is 45.7 Å². The molecule has 154 valence electrons. The van der Waals surface area contributed by atoms with Crippen molar-refractivity contribution in [2.24, 2.45) is 5.92 Å². The van der Waals surface area contributed by atoms with E-state index in [0.29, 0.717) is 36.7 Å².